The molecule has 0 heterocycles. The maximum atomic E-state index is 10.7. The number of carbonyl (C=O) groups is 1. The van der Waals surface area contributed by atoms with E-state index in [1.165, 1.54) is 31.3 Å². The number of rotatable bonds is 3. The molecule has 0 spiro atoms. The van der Waals surface area contributed by atoms with Crippen LogP contribution in [0.3, 0.4) is 0 Å². The summed E-state index contributed by atoms with van der Waals surface area (Å²) in [6, 6.07) is 0. The van der Waals surface area contributed by atoms with Gasteiger partial charge in [-0.05, 0) is 42.4 Å². The molecular weight excluding hydrogens is 285 g/mol. The van der Waals surface area contributed by atoms with E-state index in [-0.39, 0.29) is 32.7 Å². The van der Waals surface area contributed by atoms with Crippen LogP contribution in [-0.4, -0.2) is 6.29 Å². The fourth-order valence-corrected chi connectivity index (χ4v) is 4.33. The number of carbonyl (C=O) groups excluding carboxylic acids is 1. The normalized spacial score (nSPS) is 38.1. The molecule has 0 N–H and O–H groups in total. The molecule has 2 rings (SSSR count). The summed E-state index contributed by atoms with van der Waals surface area (Å²) in [5.41, 5.74) is 1.61. The molecule has 4 atom stereocenters. The molecule has 2 aliphatic carbocycles. The summed E-state index contributed by atoms with van der Waals surface area (Å²) in [4.78, 5) is 10.7. The van der Waals surface area contributed by atoms with Gasteiger partial charge < -0.3 is 11.4 Å². The predicted octanol–water partition coefficient (Wildman–Crippen LogP) is 3.78. The van der Waals surface area contributed by atoms with Gasteiger partial charge in [0.15, 0.2) is 0 Å². The molecule has 2 fully saturated rings. The average molecular weight is 308 g/mol. The van der Waals surface area contributed by atoms with Crippen LogP contribution < -0.4 is 0 Å². The smallest absolute Gasteiger partial charge is 0.120 e. The van der Waals surface area contributed by atoms with E-state index >= 15 is 0 Å². The molecular formula is C15H23OY-. The summed E-state index contributed by atoms with van der Waals surface area (Å²) in [6.45, 7) is 10.8. The Morgan fingerprint density at radius 1 is 1.53 bits per heavy atom. The minimum Gasteiger partial charge on any atom is -0.514 e. The minimum absolute atomic E-state index is 0. The maximum absolute atomic E-state index is 10.7. The number of allylic oxidation sites excluding steroid dienone is 1. The van der Waals surface area contributed by atoms with Crippen LogP contribution in [0.1, 0.15) is 52.4 Å². The monoisotopic (exact) mass is 308 g/mol. The molecule has 0 aliphatic heterocycles. The molecule has 0 bridgehead atoms. The van der Waals surface area contributed by atoms with E-state index in [2.05, 4.69) is 13.8 Å². The summed E-state index contributed by atoms with van der Waals surface area (Å²) < 4.78 is 0. The largest absolute Gasteiger partial charge is 0.514 e. The van der Waals surface area contributed by atoms with Crippen molar-refractivity contribution in [2.45, 2.75) is 52.4 Å². The molecule has 1 unspecified atom stereocenters. The molecule has 2 saturated carbocycles. The van der Waals surface area contributed by atoms with Gasteiger partial charge in [0.25, 0.3) is 0 Å². The van der Waals surface area contributed by atoms with Crippen molar-refractivity contribution in [1.29, 1.82) is 0 Å². The average Bonchev–Trinajstić information content (AvgIpc) is 2.57. The Labute approximate surface area is 131 Å². The van der Waals surface area contributed by atoms with Crippen molar-refractivity contribution in [2.75, 3.05) is 0 Å². The SMILES string of the molecule is [CH-]=C1CCC[C@@]2(C)C1CC[C@@H]2[C@H](C)CC=O.[Y]. The van der Waals surface area contributed by atoms with Gasteiger partial charge in [0, 0.05) is 39.1 Å². The van der Waals surface area contributed by atoms with Crippen LogP contribution in [0, 0.1) is 29.7 Å². The zero-order chi connectivity index (χ0) is 11.8. The van der Waals surface area contributed by atoms with E-state index < -0.39 is 0 Å². The van der Waals surface area contributed by atoms with Gasteiger partial charge in [-0.1, -0.05) is 26.7 Å². The zero-order valence-corrected chi connectivity index (χ0v) is 14.0. The Morgan fingerprint density at radius 3 is 2.88 bits per heavy atom. The van der Waals surface area contributed by atoms with Gasteiger partial charge in [0.2, 0.25) is 0 Å². The fourth-order valence-electron chi connectivity index (χ4n) is 4.33. The van der Waals surface area contributed by atoms with Crippen LogP contribution in [0.4, 0.5) is 0 Å². The summed E-state index contributed by atoms with van der Waals surface area (Å²) in [5, 5.41) is 0. The number of fused-ring (bicyclic) bond motifs is 1. The Bertz CT molecular complexity index is 299. The first kappa shape index (κ1) is 15.6. The van der Waals surface area contributed by atoms with E-state index in [0.717, 1.165) is 12.7 Å². The molecule has 0 aromatic carbocycles. The van der Waals surface area contributed by atoms with Gasteiger partial charge in [0.05, 0.1) is 0 Å². The first-order valence-corrected chi connectivity index (χ1v) is 6.64. The third kappa shape index (κ3) is 2.76. The maximum Gasteiger partial charge on any atom is 0.120 e. The van der Waals surface area contributed by atoms with E-state index in [9.17, 15) is 4.79 Å². The molecule has 93 valence electrons. The summed E-state index contributed by atoms with van der Waals surface area (Å²) in [7, 11) is 0. The van der Waals surface area contributed by atoms with E-state index in [4.69, 9.17) is 6.58 Å². The zero-order valence-electron chi connectivity index (χ0n) is 11.1. The minimum atomic E-state index is 0. The molecule has 0 amide bonds. The topological polar surface area (TPSA) is 17.1 Å². The van der Waals surface area contributed by atoms with Crippen LogP contribution >= 0.6 is 0 Å². The third-order valence-electron chi connectivity index (χ3n) is 5.19. The standard InChI is InChI=1S/C15H23O.Y/c1-11-5-4-9-15(3)13(11)6-7-14(15)12(2)8-10-16;/h1,10,12-14H,4-9H2,2-3H3;/q-1;/t12-,13?,14-,15+;/m1./s1. The van der Waals surface area contributed by atoms with Gasteiger partial charge in [0.1, 0.15) is 6.29 Å². The fraction of sp³-hybridized carbons (Fsp3) is 0.800. The van der Waals surface area contributed by atoms with E-state index in [0.29, 0.717) is 29.6 Å². The molecule has 0 aromatic rings. The van der Waals surface area contributed by atoms with E-state index in [1.54, 1.807) is 0 Å². The van der Waals surface area contributed by atoms with Crippen LogP contribution in [-0.2, 0) is 37.5 Å². The third-order valence-corrected chi connectivity index (χ3v) is 5.19. The van der Waals surface area contributed by atoms with Gasteiger partial charge in [-0.15, -0.1) is 0 Å². The molecule has 0 saturated heterocycles. The Balaban J connectivity index is 0.00000144. The summed E-state index contributed by atoms with van der Waals surface area (Å²) in [5.74, 6) is 1.85. The second-order valence-corrected chi connectivity index (χ2v) is 6.05. The quantitative estimate of drug-likeness (QED) is 0.573. The molecule has 17 heavy (non-hydrogen) atoms. The molecule has 1 nitrogen and oxygen atoms in total. The first-order chi connectivity index (χ1) is 7.59. The van der Waals surface area contributed by atoms with Crippen molar-refractivity contribution in [1.82, 2.24) is 0 Å². The van der Waals surface area contributed by atoms with E-state index in [1.807, 2.05) is 0 Å². The Hall–Kier alpha value is 0.514. The molecule has 2 aliphatic rings. The molecule has 2 heteroatoms. The van der Waals surface area contributed by atoms with Crippen LogP contribution in [0.2, 0.25) is 0 Å². The van der Waals surface area contributed by atoms with Crippen molar-refractivity contribution < 1.29 is 37.5 Å². The van der Waals surface area contributed by atoms with Gasteiger partial charge in [-0.25, -0.2) is 0 Å². The number of aldehydes is 1. The van der Waals surface area contributed by atoms with Crippen molar-refractivity contribution in [3.8, 4) is 0 Å². The number of hydrogen-bond acceptors (Lipinski definition) is 1. The Morgan fingerprint density at radius 2 is 2.24 bits per heavy atom. The van der Waals surface area contributed by atoms with Crippen molar-refractivity contribution in [3.05, 3.63) is 12.2 Å². The van der Waals surface area contributed by atoms with Crippen molar-refractivity contribution >= 4 is 6.29 Å². The summed E-state index contributed by atoms with van der Waals surface area (Å²) >= 11 is 0. The van der Waals surface area contributed by atoms with Crippen LogP contribution in [0.5, 0.6) is 0 Å². The second-order valence-electron chi connectivity index (χ2n) is 6.05. The van der Waals surface area contributed by atoms with Crippen LogP contribution in [0.25, 0.3) is 0 Å². The van der Waals surface area contributed by atoms with Gasteiger partial charge >= 0.3 is 0 Å². The second kappa shape index (κ2) is 6.11. The van der Waals surface area contributed by atoms with Gasteiger partial charge in [-0.2, -0.15) is 0 Å². The molecule has 1 radical (unpaired) electrons. The van der Waals surface area contributed by atoms with Crippen molar-refractivity contribution in [3.63, 3.8) is 0 Å². The number of hydrogen-bond donors (Lipinski definition) is 0. The Kier molecular flexibility index (Phi) is 5.59. The predicted molar refractivity (Wildman–Crippen MR) is 65.8 cm³/mol. The first-order valence-electron chi connectivity index (χ1n) is 6.64. The van der Waals surface area contributed by atoms with Gasteiger partial charge in [-0.3, -0.25) is 5.57 Å². The summed E-state index contributed by atoms with van der Waals surface area (Å²) in [6.07, 6.45) is 7.96. The van der Waals surface area contributed by atoms with Crippen LogP contribution in [0.15, 0.2) is 5.57 Å². The molecule has 0 aromatic heterocycles. The van der Waals surface area contributed by atoms with Crippen molar-refractivity contribution in [2.24, 2.45) is 23.2 Å².